The van der Waals surface area contributed by atoms with Gasteiger partial charge in [-0.05, 0) is 30.5 Å². The Morgan fingerprint density at radius 2 is 1.74 bits per heavy atom. The van der Waals surface area contributed by atoms with Crippen molar-refractivity contribution in [1.29, 1.82) is 0 Å². The number of benzene rings is 1. The molecule has 4 heteroatoms. The van der Waals surface area contributed by atoms with Crippen LogP contribution in [-0.4, -0.2) is 31.7 Å². The minimum atomic E-state index is -2.32. The Hall–Kier alpha value is -1.78. The third kappa shape index (κ3) is 7.04. The van der Waals surface area contributed by atoms with Crippen LogP contribution in [0.4, 0.5) is 8.78 Å². The second-order valence-electron chi connectivity index (χ2n) is 6.53. The summed E-state index contributed by atoms with van der Waals surface area (Å²) in [6, 6.07) is 8.23. The van der Waals surface area contributed by atoms with Crippen LogP contribution in [0, 0.1) is 0 Å². The summed E-state index contributed by atoms with van der Waals surface area (Å²) in [6.45, 7) is 10.7. The summed E-state index contributed by atoms with van der Waals surface area (Å²) in [6.07, 6.45) is 7.03. The van der Waals surface area contributed by atoms with Gasteiger partial charge in [-0.1, -0.05) is 81.3 Å². The van der Waals surface area contributed by atoms with E-state index >= 15 is 0 Å². The normalized spacial score (nSPS) is 18.4. The van der Waals surface area contributed by atoms with Gasteiger partial charge in [0.25, 0.3) is 6.43 Å². The van der Waals surface area contributed by atoms with E-state index in [2.05, 4.69) is 51.2 Å². The number of allylic oxidation sites excluding steroid dienone is 5. The third-order valence-corrected chi connectivity index (χ3v) is 4.39. The first-order valence-corrected chi connectivity index (χ1v) is 9.46. The molecular weight excluding hydrogens is 344 g/mol. The van der Waals surface area contributed by atoms with Crippen LogP contribution in [0.25, 0.3) is 5.57 Å². The van der Waals surface area contributed by atoms with E-state index in [1.807, 2.05) is 37.3 Å². The van der Waals surface area contributed by atoms with E-state index in [1.165, 1.54) is 28.7 Å². The third-order valence-electron chi connectivity index (χ3n) is 4.39. The highest BCUT2D eigenvalue weighted by Crippen LogP contribution is 2.46. The SMILES string of the molecule is C/C=C\C=C/C1=C(C)C(C)(CNCC(F)F)c2ccccc21.CCC.CO. The highest BCUT2D eigenvalue weighted by atomic mass is 19.3. The van der Waals surface area contributed by atoms with Gasteiger partial charge < -0.3 is 10.4 Å². The lowest BCUT2D eigenvalue weighted by Gasteiger charge is -2.28. The predicted molar refractivity (Wildman–Crippen MR) is 113 cm³/mol. The second-order valence-corrected chi connectivity index (χ2v) is 6.53. The molecule has 0 fully saturated rings. The first-order valence-electron chi connectivity index (χ1n) is 9.46. The first kappa shape index (κ1) is 25.2. The molecule has 0 bridgehead atoms. The van der Waals surface area contributed by atoms with Gasteiger partial charge in [0.15, 0.2) is 0 Å². The van der Waals surface area contributed by atoms with Crippen molar-refractivity contribution in [2.45, 2.75) is 52.9 Å². The maximum Gasteiger partial charge on any atom is 0.250 e. The summed E-state index contributed by atoms with van der Waals surface area (Å²) in [5.41, 5.74) is 4.56. The van der Waals surface area contributed by atoms with E-state index in [0.717, 1.165) is 7.11 Å². The fourth-order valence-electron chi connectivity index (χ4n) is 3.04. The van der Waals surface area contributed by atoms with Gasteiger partial charge in [-0.3, -0.25) is 0 Å². The zero-order chi connectivity index (χ0) is 20.9. The number of rotatable bonds is 6. The van der Waals surface area contributed by atoms with E-state index in [1.54, 1.807) is 0 Å². The van der Waals surface area contributed by atoms with Crippen LogP contribution in [0.5, 0.6) is 0 Å². The van der Waals surface area contributed by atoms with Crippen LogP contribution in [0.2, 0.25) is 0 Å². The number of aliphatic hydroxyl groups excluding tert-OH is 1. The summed E-state index contributed by atoms with van der Waals surface area (Å²) in [5.74, 6) is 0. The van der Waals surface area contributed by atoms with E-state index in [-0.39, 0.29) is 12.0 Å². The molecule has 2 nitrogen and oxygen atoms in total. The smallest absolute Gasteiger partial charge is 0.250 e. The average Bonchev–Trinajstić information content (AvgIpc) is 2.86. The predicted octanol–water partition coefficient (Wildman–Crippen LogP) is 5.74. The Kier molecular flexibility index (Phi) is 12.5. The fourth-order valence-corrected chi connectivity index (χ4v) is 3.04. The maximum atomic E-state index is 12.4. The Balaban J connectivity index is 0.00000123. The summed E-state index contributed by atoms with van der Waals surface area (Å²) in [7, 11) is 1.00. The van der Waals surface area contributed by atoms with Gasteiger partial charge in [-0.15, -0.1) is 0 Å². The molecule has 0 saturated heterocycles. The van der Waals surface area contributed by atoms with Crippen molar-refractivity contribution in [3.8, 4) is 0 Å². The Morgan fingerprint density at radius 1 is 1.15 bits per heavy atom. The fraction of sp³-hybridized carbons (Fsp3) is 0.478. The Labute approximate surface area is 163 Å². The Morgan fingerprint density at radius 3 is 2.30 bits per heavy atom. The highest BCUT2D eigenvalue weighted by molar-refractivity contribution is 5.85. The van der Waals surface area contributed by atoms with E-state index in [9.17, 15) is 8.78 Å². The van der Waals surface area contributed by atoms with Crippen molar-refractivity contribution >= 4 is 5.57 Å². The number of fused-ring (bicyclic) bond motifs is 1. The van der Waals surface area contributed by atoms with E-state index in [4.69, 9.17) is 5.11 Å². The van der Waals surface area contributed by atoms with Crippen molar-refractivity contribution in [1.82, 2.24) is 5.32 Å². The molecule has 2 rings (SSSR count). The van der Waals surface area contributed by atoms with Gasteiger partial charge >= 0.3 is 0 Å². The lowest BCUT2D eigenvalue weighted by molar-refractivity contribution is 0.144. The molecule has 0 aromatic heterocycles. The molecule has 1 atom stereocenters. The summed E-state index contributed by atoms with van der Waals surface area (Å²) in [4.78, 5) is 0. The summed E-state index contributed by atoms with van der Waals surface area (Å²) in [5, 5.41) is 9.90. The van der Waals surface area contributed by atoms with Crippen LogP contribution in [0.15, 0.2) is 54.1 Å². The molecule has 0 aliphatic heterocycles. The summed E-state index contributed by atoms with van der Waals surface area (Å²) < 4.78 is 24.8. The van der Waals surface area contributed by atoms with Crippen molar-refractivity contribution in [3.63, 3.8) is 0 Å². The monoisotopic (exact) mass is 379 g/mol. The van der Waals surface area contributed by atoms with Crippen LogP contribution < -0.4 is 5.32 Å². The van der Waals surface area contributed by atoms with Crippen LogP contribution in [0.3, 0.4) is 0 Å². The van der Waals surface area contributed by atoms with Gasteiger partial charge in [0.05, 0.1) is 6.54 Å². The minimum Gasteiger partial charge on any atom is -0.400 e. The molecule has 27 heavy (non-hydrogen) atoms. The first-order chi connectivity index (χ1) is 12.9. The molecular formula is C23H35F2NO. The molecule has 1 aromatic carbocycles. The van der Waals surface area contributed by atoms with Gasteiger partial charge in [0.2, 0.25) is 0 Å². The van der Waals surface area contributed by atoms with E-state index < -0.39 is 6.43 Å². The molecule has 1 unspecified atom stereocenters. The number of nitrogens with one attached hydrogen (secondary N) is 1. The number of hydrogen-bond donors (Lipinski definition) is 2. The molecule has 0 radical (unpaired) electrons. The number of halogens is 2. The van der Waals surface area contributed by atoms with Crippen molar-refractivity contribution in [2.75, 3.05) is 20.2 Å². The molecule has 0 saturated carbocycles. The van der Waals surface area contributed by atoms with Crippen molar-refractivity contribution in [2.24, 2.45) is 0 Å². The lowest BCUT2D eigenvalue weighted by Crippen LogP contribution is -2.37. The highest BCUT2D eigenvalue weighted by Gasteiger charge is 2.37. The lowest BCUT2D eigenvalue weighted by atomic mass is 9.79. The van der Waals surface area contributed by atoms with Crippen LogP contribution in [-0.2, 0) is 5.41 Å². The quantitative estimate of drug-likeness (QED) is 0.618. The van der Waals surface area contributed by atoms with Crippen LogP contribution >= 0.6 is 0 Å². The van der Waals surface area contributed by atoms with Crippen molar-refractivity contribution < 1.29 is 13.9 Å². The standard InChI is InChI=1S/C19H23F2N.C3H8.CH4O/c1-4-5-6-9-15-14(2)19(3,13-22-12-18(20)21)17-11-8-7-10-16(15)17;1-3-2;1-2/h4-11,18,22H,12-13H2,1-3H3;3H2,1-2H3;2H,1H3/b5-4-,9-6-;;. The van der Waals surface area contributed by atoms with Gasteiger partial charge in [0, 0.05) is 19.1 Å². The molecule has 2 N–H and O–H groups in total. The maximum absolute atomic E-state index is 12.4. The number of hydrogen-bond acceptors (Lipinski definition) is 2. The molecule has 1 aromatic rings. The largest absolute Gasteiger partial charge is 0.400 e. The van der Waals surface area contributed by atoms with E-state index in [0.29, 0.717) is 6.54 Å². The van der Waals surface area contributed by atoms with Gasteiger partial charge in [0.1, 0.15) is 0 Å². The average molecular weight is 380 g/mol. The molecule has 1 aliphatic rings. The summed E-state index contributed by atoms with van der Waals surface area (Å²) >= 11 is 0. The number of alkyl halides is 2. The Bertz CT molecular complexity index is 635. The second kappa shape index (κ2) is 13.4. The zero-order valence-electron chi connectivity index (χ0n) is 17.5. The topological polar surface area (TPSA) is 32.3 Å². The van der Waals surface area contributed by atoms with Gasteiger partial charge in [-0.2, -0.15) is 0 Å². The molecule has 0 heterocycles. The minimum absolute atomic E-state index is 0.249. The zero-order valence-corrected chi connectivity index (χ0v) is 17.5. The van der Waals surface area contributed by atoms with Gasteiger partial charge in [-0.25, -0.2) is 8.78 Å². The molecule has 1 aliphatic carbocycles. The number of aliphatic hydroxyl groups is 1. The molecule has 0 amide bonds. The molecule has 152 valence electrons. The van der Waals surface area contributed by atoms with Crippen LogP contribution in [0.1, 0.15) is 52.2 Å². The molecule has 0 spiro atoms. The van der Waals surface area contributed by atoms with Crippen molar-refractivity contribution in [3.05, 3.63) is 65.3 Å².